The molecule has 1 aromatic heterocycles. The van der Waals surface area contributed by atoms with Crippen molar-refractivity contribution < 1.29 is 9.90 Å². The molecule has 1 amide bonds. The first-order chi connectivity index (χ1) is 8.58. The molecule has 0 unspecified atom stereocenters. The van der Waals surface area contributed by atoms with Crippen LogP contribution in [-0.4, -0.2) is 22.3 Å². The van der Waals surface area contributed by atoms with Crippen LogP contribution in [-0.2, 0) is 6.54 Å². The van der Waals surface area contributed by atoms with E-state index in [0.717, 1.165) is 9.86 Å². The van der Waals surface area contributed by atoms with Gasteiger partial charge in [-0.3, -0.25) is 4.79 Å². The molecule has 0 bridgehead atoms. The molecule has 5 nitrogen and oxygen atoms in total. The first-order valence-corrected chi connectivity index (χ1v) is 6.13. The number of halogens is 1. The van der Waals surface area contributed by atoms with Gasteiger partial charge in [-0.1, -0.05) is 15.9 Å². The standard InChI is InChI=1S/C12H11BrN2O3/c13-9-1-2-10-8(7-9)3-5-15(11(10)16)6-4-14-12(17)18/h1-3,5,7,14H,4,6H2,(H,17,18). The summed E-state index contributed by atoms with van der Waals surface area (Å²) in [7, 11) is 0. The Hall–Kier alpha value is -1.82. The molecule has 1 aromatic carbocycles. The molecule has 0 radical (unpaired) electrons. The molecule has 2 N–H and O–H groups in total. The van der Waals surface area contributed by atoms with E-state index in [1.165, 1.54) is 4.57 Å². The normalized spacial score (nSPS) is 10.5. The van der Waals surface area contributed by atoms with Crippen molar-refractivity contribution in [1.29, 1.82) is 0 Å². The topological polar surface area (TPSA) is 71.3 Å². The molecular formula is C12H11BrN2O3. The van der Waals surface area contributed by atoms with E-state index >= 15 is 0 Å². The molecule has 6 heteroatoms. The summed E-state index contributed by atoms with van der Waals surface area (Å²) in [6, 6.07) is 7.27. The van der Waals surface area contributed by atoms with Gasteiger partial charge in [-0.25, -0.2) is 4.79 Å². The quantitative estimate of drug-likeness (QED) is 0.911. The van der Waals surface area contributed by atoms with Gasteiger partial charge in [0.05, 0.1) is 0 Å². The number of benzene rings is 1. The maximum Gasteiger partial charge on any atom is 0.404 e. The van der Waals surface area contributed by atoms with Gasteiger partial charge in [0.1, 0.15) is 0 Å². The summed E-state index contributed by atoms with van der Waals surface area (Å²) in [6.45, 7) is 0.522. The molecule has 2 rings (SSSR count). The number of fused-ring (bicyclic) bond motifs is 1. The van der Waals surface area contributed by atoms with E-state index in [1.54, 1.807) is 12.3 Å². The molecule has 18 heavy (non-hydrogen) atoms. The fraction of sp³-hybridized carbons (Fsp3) is 0.167. The fourth-order valence-electron chi connectivity index (χ4n) is 1.72. The number of hydrogen-bond acceptors (Lipinski definition) is 2. The molecule has 0 saturated carbocycles. The molecule has 1 heterocycles. The summed E-state index contributed by atoms with van der Waals surface area (Å²) in [5, 5.41) is 12.2. The summed E-state index contributed by atoms with van der Waals surface area (Å²) in [4.78, 5) is 22.4. The van der Waals surface area contributed by atoms with E-state index in [4.69, 9.17) is 5.11 Å². The zero-order valence-corrected chi connectivity index (χ0v) is 11.0. The van der Waals surface area contributed by atoms with Gasteiger partial charge in [0, 0.05) is 29.1 Å². The summed E-state index contributed by atoms with van der Waals surface area (Å²) in [6.07, 6.45) is 0.577. The second-order valence-corrected chi connectivity index (χ2v) is 4.69. The van der Waals surface area contributed by atoms with Crippen molar-refractivity contribution in [2.45, 2.75) is 6.54 Å². The minimum atomic E-state index is -1.09. The average Bonchev–Trinajstić information content (AvgIpc) is 2.31. The Morgan fingerprint density at radius 3 is 2.89 bits per heavy atom. The Morgan fingerprint density at radius 2 is 2.17 bits per heavy atom. The Kier molecular flexibility index (Phi) is 3.66. The molecule has 0 aliphatic rings. The zero-order valence-electron chi connectivity index (χ0n) is 9.39. The van der Waals surface area contributed by atoms with Crippen molar-refractivity contribution in [3.8, 4) is 0 Å². The van der Waals surface area contributed by atoms with Gasteiger partial charge in [0.2, 0.25) is 0 Å². The van der Waals surface area contributed by atoms with Crippen LogP contribution in [0.5, 0.6) is 0 Å². The number of amides is 1. The third-order valence-corrected chi connectivity index (χ3v) is 3.06. The van der Waals surface area contributed by atoms with Gasteiger partial charge in [0.15, 0.2) is 0 Å². The second-order valence-electron chi connectivity index (χ2n) is 3.78. The van der Waals surface area contributed by atoms with Crippen LogP contribution >= 0.6 is 15.9 Å². The van der Waals surface area contributed by atoms with Crippen molar-refractivity contribution in [1.82, 2.24) is 9.88 Å². The van der Waals surface area contributed by atoms with E-state index in [0.29, 0.717) is 11.9 Å². The van der Waals surface area contributed by atoms with Crippen LogP contribution in [0.1, 0.15) is 0 Å². The zero-order chi connectivity index (χ0) is 13.1. The predicted molar refractivity (Wildman–Crippen MR) is 71.9 cm³/mol. The van der Waals surface area contributed by atoms with Crippen molar-refractivity contribution in [3.05, 3.63) is 45.3 Å². The van der Waals surface area contributed by atoms with Gasteiger partial charge in [-0.15, -0.1) is 0 Å². The molecular weight excluding hydrogens is 300 g/mol. The van der Waals surface area contributed by atoms with Crippen molar-refractivity contribution in [3.63, 3.8) is 0 Å². The summed E-state index contributed by atoms with van der Waals surface area (Å²) < 4.78 is 2.41. The lowest BCUT2D eigenvalue weighted by Gasteiger charge is -2.07. The van der Waals surface area contributed by atoms with Gasteiger partial charge < -0.3 is 15.0 Å². The Morgan fingerprint density at radius 1 is 1.39 bits per heavy atom. The maximum absolute atomic E-state index is 12.1. The monoisotopic (exact) mass is 310 g/mol. The lowest BCUT2D eigenvalue weighted by atomic mass is 10.2. The number of nitrogens with zero attached hydrogens (tertiary/aromatic N) is 1. The van der Waals surface area contributed by atoms with E-state index in [9.17, 15) is 9.59 Å². The summed E-state index contributed by atoms with van der Waals surface area (Å²) >= 11 is 3.35. The molecule has 0 fully saturated rings. The number of carbonyl (C=O) groups is 1. The van der Waals surface area contributed by atoms with Crippen LogP contribution in [0.25, 0.3) is 10.8 Å². The highest BCUT2D eigenvalue weighted by Gasteiger charge is 2.03. The molecule has 2 aromatic rings. The molecule has 0 aliphatic heterocycles. The molecule has 0 spiro atoms. The first kappa shape index (κ1) is 12.6. The van der Waals surface area contributed by atoms with E-state index in [1.807, 2.05) is 18.2 Å². The lowest BCUT2D eigenvalue weighted by molar-refractivity contribution is 0.194. The summed E-state index contributed by atoms with van der Waals surface area (Å²) in [5.74, 6) is 0. The number of pyridine rings is 1. The minimum absolute atomic E-state index is 0.118. The van der Waals surface area contributed by atoms with Crippen LogP contribution in [0.4, 0.5) is 4.79 Å². The smallest absolute Gasteiger partial charge is 0.404 e. The third kappa shape index (κ3) is 2.70. The summed E-state index contributed by atoms with van der Waals surface area (Å²) in [5.41, 5.74) is -0.118. The molecule has 94 valence electrons. The van der Waals surface area contributed by atoms with Crippen molar-refractivity contribution in [2.75, 3.05) is 6.54 Å². The fourth-order valence-corrected chi connectivity index (χ4v) is 2.10. The van der Waals surface area contributed by atoms with E-state index in [2.05, 4.69) is 21.2 Å². The third-order valence-electron chi connectivity index (χ3n) is 2.57. The highest BCUT2D eigenvalue weighted by molar-refractivity contribution is 9.10. The van der Waals surface area contributed by atoms with Gasteiger partial charge in [0.25, 0.3) is 5.56 Å². The number of carboxylic acid groups (broad SMARTS) is 1. The van der Waals surface area contributed by atoms with Crippen LogP contribution < -0.4 is 10.9 Å². The van der Waals surface area contributed by atoms with Crippen LogP contribution in [0.15, 0.2) is 39.7 Å². The highest BCUT2D eigenvalue weighted by atomic mass is 79.9. The number of nitrogens with one attached hydrogen (secondary N) is 1. The van der Waals surface area contributed by atoms with Gasteiger partial charge in [-0.2, -0.15) is 0 Å². The van der Waals surface area contributed by atoms with E-state index in [-0.39, 0.29) is 12.1 Å². The van der Waals surface area contributed by atoms with Crippen molar-refractivity contribution in [2.24, 2.45) is 0 Å². The lowest BCUT2D eigenvalue weighted by Crippen LogP contribution is -2.29. The SMILES string of the molecule is O=C(O)NCCn1ccc2cc(Br)ccc2c1=O. The van der Waals surface area contributed by atoms with E-state index < -0.39 is 6.09 Å². The maximum atomic E-state index is 12.1. The minimum Gasteiger partial charge on any atom is -0.465 e. The molecule has 0 atom stereocenters. The van der Waals surface area contributed by atoms with Gasteiger partial charge in [-0.05, 0) is 29.7 Å². The molecule has 0 saturated heterocycles. The largest absolute Gasteiger partial charge is 0.465 e. The predicted octanol–water partition coefficient (Wildman–Crippen LogP) is 2.03. The number of hydrogen-bond donors (Lipinski definition) is 2. The second kappa shape index (κ2) is 5.22. The van der Waals surface area contributed by atoms with Gasteiger partial charge >= 0.3 is 6.09 Å². The Balaban J connectivity index is 2.30. The first-order valence-electron chi connectivity index (χ1n) is 5.33. The highest BCUT2D eigenvalue weighted by Crippen LogP contribution is 2.16. The van der Waals surface area contributed by atoms with Crippen molar-refractivity contribution >= 4 is 32.8 Å². The number of aromatic nitrogens is 1. The average molecular weight is 311 g/mol. The van der Waals surface area contributed by atoms with Crippen LogP contribution in [0.2, 0.25) is 0 Å². The van der Waals surface area contributed by atoms with Crippen LogP contribution in [0.3, 0.4) is 0 Å². The number of rotatable bonds is 3. The Labute approximate surface area is 111 Å². The molecule has 0 aliphatic carbocycles. The Bertz CT molecular complexity index is 651. The van der Waals surface area contributed by atoms with Crippen LogP contribution in [0, 0.1) is 0 Å².